The maximum atomic E-state index is 12.8. The van der Waals surface area contributed by atoms with Gasteiger partial charge in [-0.1, -0.05) is 23.2 Å². The molecule has 0 saturated heterocycles. The first-order valence-corrected chi connectivity index (χ1v) is 11.3. The number of ether oxygens (including phenoxy) is 1. The second kappa shape index (κ2) is 9.90. The molecule has 2 amide bonds. The van der Waals surface area contributed by atoms with Gasteiger partial charge in [0, 0.05) is 21.8 Å². The SMILES string of the molecule is COc1ccc(NS(=O)(=O)c2cc(C(=O)NNC(=O)c3ccc(Cl)cc3)ccc2Cl)cc1. The molecule has 0 bridgehead atoms. The Morgan fingerprint density at radius 1 is 0.812 bits per heavy atom. The van der Waals surface area contributed by atoms with E-state index in [1.807, 2.05) is 0 Å². The summed E-state index contributed by atoms with van der Waals surface area (Å²) >= 11 is 11.8. The molecule has 0 radical (unpaired) electrons. The van der Waals surface area contributed by atoms with Crippen molar-refractivity contribution in [3.05, 3.63) is 87.9 Å². The molecule has 8 nitrogen and oxygen atoms in total. The van der Waals surface area contributed by atoms with E-state index in [4.69, 9.17) is 27.9 Å². The molecule has 0 atom stereocenters. The molecule has 0 spiro atoms. The lowest BCUT2D eigenvalue weighted by Crippen LogP contribution is -2.41. The highest BCUT2D eigenvalue weighted by molar-refractivity contribution is 7.92. The third kappa shape index (κ3) is 5.70. The number of methoxy groups -OCH3 is 1. The molecule has 0 heterocycles. The average Bonchev–Trinajstić information content (AvgIpc) is 2.78. The molecule has 0 aliphatic heterocycles. The molecule has 3 N–H and O–H groups in total. The van der Waals surface area contributed by atoms with Gasteiger partial charge in [-0.05, 0) is 66.7 Å². The van der Waals surface area contributed by atoms with Gasteiger partial charge in [0.15, 0.2) is 0 Å². The van der Waals surface area contributed by atoms with E-state index in [-0.39, 0.29) is 26.7 Å². The van der Waals surface area contributed by atoms with Crippen molar-refractivity contribution < 1.29 is 22.7 Å². The fourth-order valence-electron chi connectivity index (χ4n) is 2.58. The number of carbonyl (C=O) groups is 2. The predicted octanol–water partition coefficient (Wildman–Crippen LogP) is 3.88. The number of carbonyl (C=O) groups excluding carboxylic acids is 2. The Bertz CT molecular complexity index is 1250. The fraction of sp³-hybridized carbons (Fsp3) is 0.0476. The van der Waals surface area contributed by atoms with E-state index in [0.717, 1.165) is 6.07 Å². The zero-order valence-electron chi connectivity index (χ0n) is 16.6. The molecule has 11 heteroatoms. The largest absolute Gasteiger partial charge is 0.497 e. The summed E-state index contributed by atoms with van der Waals surface area (Å²) in [4.78, 5) is 24.3. The Balaban J connectivity index is 1.74. The van der Waals surface area contributed by atoms with Crippen LogP contribution in [0.2, 0.25) is 10.0 Å². The van der Waals surface area contributed by atoms with Crippen molar-refractivity contribution in [2.45, 2.75) is 4.90 Å². The summed E-state index contributed by atoms with van der Waals surface area (Å²) in [6.45, 7) is 0. The third-order valence-corrected chi connectivity index (χ3v) is 6.34. The second-order valence-electron chi connectivity index (χ2n) is 6.39. The van der Waals surface area contributed by atoms with E-state index in [9.17, 15) is 18.0 Å². The van der Waals surface area contributed by atoms with Crippen LogP contribution in [0.25, 0.3) is 0 Å². The van der Waals surface area contributed by atoms with Crippen molar-refractivity contribution in [3.8, 4) is 5.75 Å². The van der Waals surface area contributed by atoms with Crippen LogP contribution in [0.4, 0.5) is 5.69 Å². The molecule has 3 aromatic carbocycles. The van der Waals surface area contributed by atoms with Gasteiger partial charge in [-0.15, -0.1) is 0 Å². The summed E-state index contributed by atoms with van der Waals surface area (Å²) in [5.41, 5.74) is 5.01. The van der Waals surface area contributed by atoms with Gasteiger partial charge in [0.25, 0.3) is 21.8 Å². The molecule has 32 heavy (non-hydrogen) atoms. The zero-order chi connectivity index (χ0) is 23.3. The Kier molecular flexibility index (Phi) is 7.24. The fourth-order valence-corrected chi connectivity index (χ4v) is 4.29. The minimum absolute atomic E-state index is 0.0269. The third-order valence-electron chi connectivity index (χ3n) is 4.22. The van der Waals surface area contributed by atoms with Gasteiger partial charge >= 0.3 is 0 Å². The van der Waals surface area contributed by atoms with Crippen LogP contribution in [-0.4, -0.2) is 27.3 Å². The van der Waals surface area contributed by atoms with Gasteiger partial charge in [-0.2, -0.15) is 0 Å². The molecule has 166 valence electrons. The highest BCUT2D eigenvalue weighted by atomic mass is 35.5. The molecule has 0 unspecified atom stereocenters. The van der Waals surface area contributed by atoms with E-state index in [2.05, 4.69) is 15.6 Å². The van der Waals surface area contributed by atoms with Gasteiger partial charge in [-0.25, -0.2) is 8.42 Å². The van der Waals surface area contributed by atoms with Crippen molar-refractivity contribution in [1.29, 1.82) is 0 Å². The van der Waals surface area contributed by atoms with Crippen LogP contribution in [0.5, 0.6) is 5.75 Å². The van der Waals surface area contributed by atoms with Crippen molar-refractivity contribution in [2.75, 3.05) is 11.8 Å². The Morgan fingerprint density at radius 3 is 1.97 bits per heavy atom. The van der Waals surface area contributed by atoms with E-state index in [1.165, 1.54) is 55.6 Å². The number of hydrogen-bond donors (Lipinski definition) is 3. The minimum Gasteiger partial charge on any atom is -0.497 e. The van der Waals surface area contributed by atoms with E-state index in [0.29, 0.717) is 10.8 Å². The molecule has 0 saturated carbocycles. The van der Waals surface area contributed by atoms with Crippen molar-refractivity contribution in [2.24, 2.45) is 0 Å². The van der Waals surface area contributed by atoms with Gasteiger partial charge in [-0.3, -0.25) is 25.2 Å². The predicted molar refractivity (Wildman–Crippen MR) is 122 cm³/mol. The Labute approximate surface area is 194 Å². The number of benzene rings is 3. The van der Waals surface area contributed by atoms with Crippen molar-refractivity contribution in [3.63, 3.8) is 0 Å². The number of hydrogen-bond acceptors (Lipinski definition) is 5. The molecular weight excluding hydrogens is 477 g/mol. The van der Waals surface area contributed by atoms with Gasteiger partial charge in [0.1, 0.15) is 10.6 Å². The van der Waals surface area contributed by atoms with Crippen LogP contribution in [0.3, 0.4) is 0 Å². The molecule has 0 aliphatic carbocycles. The van der Waals surface area contributed by atoms with Gasteiger partial charge in [0.2, 0.25) is 0 Å². The first-order valence-electron chi connectivity index (χ1n) is 9.02. The summed E-state index contributed by atoms with van der Waals surface area (Å²) in [5.74, 6) is -0.742. The standard InChI is InChI=1S/C21H17Cl2N3O5S/c1-31-17-9-7-16(8-10-17)26-32(29,30)19-12-14(4-11-18(19)23)21(28)25-24-20(27)13-2-5-15(22)6-3-13/h2-12,26H,1H3,(H,24,27)(H,25,28). The lowest BCUT2D eigenvalue weighted by molar-refractivity contribution is 0.0846. The average molecular weight is 494 g/mol. The summed E-state index contributed by atoms with van der Waals surface area (Å²) in [6.07, 6.45) is 0. The first-order chi connectivity index (χ1) is 15.2. The smallest absolute Gasteiger partial charge is 0.269 e. The van der Waals surface area contributed by atoms with E-state index >= 15 is 0 Å². The minimum atomic E-state index is -4.10. The number of sulfonamides is 1. The van der Waals surface area contributed by atoms with Crippen LogP contribution in [-0.2, 0) is 10.0 Å². The maximum Gasteiger partial charge on any atom is 0.269 e. The van der Waals surface area contributed by atoms with Crippen molar-refractivity contribution in [1.82, 2.24) is 10.9 Å². The number of anilines is 1. The lowest BCUT2D eigenvalue weighted by atomic mass is 10.2. The van der Waals surface area contributed by atoms with Crippen LogP contribution in [0.15, 0.2) is 71.6 Å². The molecule has 0 aromatic heterocycles. The van der Waals surface area contributed by atoms with Crippen LogP contribution < -0.4 is 20.3 Å². The Hall–Kier alpha value is -3.27. The highest BCUT2D eigenvalue weighted by Crippen LogP contribution is 2.26. The first kappa shape index (κ1) is 23.4. The number of hydrazine groups is 1. The number of amides is 2. The van der Waals surface area contributed by atoms with Crippen LogP contribution in [0.1, 0.15) is 20.7 Å². The van der Waals surface area contributed by atoms with Gasteiger partial charge in [0.05, 0.1) is 12.1 Å². The summed E-state index contributed by atoms with van der Waals surface area (Å²) in [5, 5.41) is 0.386. The number of nitrogens with one attached hydrogen (secondary N) is 3. The lowest BCUT2D eigenvalue weighted by Gasteiger charge is -2.12. The van der Waals surface area contributed by atoms with E-state index in [1.54, 1.807) is 12.1 Å². The summed E-state index contributed by atoms with van der Waals surface area (Å²) in [7, 11) is -2.61. The maximum absolute atomic E-state index is 12.8. The quantitative estimate of drug-likeness (QED) is 0.451. The highest BCUT2D eigenvalue weighted by Gasteiger charge is 2.21. The molecule has 3 aromatic rings. The topological polar surface area (TPSA) is 114 Å². The second-order valence-corrected chi connectivity index (χ2v) is 8.89. The number of rotatable bonds is 6. The summed E-state index contributed by atoms with van der Waals surface area (Å²) < 4.78 is 33.0. The molecular formula is C21H17Cl2N3O5S. The molecule has 0 aliphatic rings. The zero-order valence-corrected chi connectivity index (χ0v) is 18.9. The monoisotopic (exact) mass is 493 g/mol. The van der Waals surface area contributed by atoms with Crippen LogP contribution in [0, 0.1) is 0 Å². The molecule has 0 fully saturated rings. The summed E-state index contributed by atoms with van der Waals surface area (Å²) in [6, 6.07) is 16.0. The number of halogens is 2. The van der Waals surface area contributed by atoms with Crippen molar-refractivity contribution >= 4 is 50.7 Å². The van der Waals surface area contributed by atoms with E-state index < -0.39 is 21.8 Å². The van der Waals surface area contributed by atoms with Gasteiger partial charge < -0.3 is 4.74 Å². The molecule has 3 rings (SSSR count). The normalized spacial score (nSPS) is 10.8. The Morgan fingerprint density at radius 2 is 1.38 bits per heavy atom. The van der Waals surface area contributed by atoms with Crippen LogP contribution >= 0.6 is 23.2 Å².